The van der Waals surface area contributed by atoms with Gasteiger partial charge in [0.15, 0.2) is 11.0 Å². The lowest BCUT2D eigenvalue weighted by Gasteiger charge is -2.11. The Morgan fingerprint density at radius 3 is 2.41 bits per heavy atom. The minimum absolute atomic E-state index is 0.168. The molecule has 0 aliphatic rings. The zero-order chi connectivity index (χ0) is 22.7. The van der Waals surface area contributed by atoms with Crippen molar-refractivity contribution >= 4 is 22.8 Å². The molecule has 0 aliphatic carbocycles. The summed E-state index contributed by atoms with van der Waals surface area (Å²) in [6, 6.07) is 21.3. The van der Waals surface area contributed by atoms with Crippen LogP contribution >= 0.6 is 0 Å². The summed E-state index contributed by atoms with van der Waals surface area (Å²) in [5, 5.41) is 5.79. The number of carbonyl (C=O) groups is 2. The molecule has 0 fully saturated rings. The lowest BCUT2D eigenvalue weighted by Crippen LogP contribution is -2.24. The van der Waals surface area contributed by atoms with Crippen molar-refractivity contribution in [1.82, 2.24) is 10.6 Å². The third kappa shape index (κ3) is 4.03. The van der Waals surface area contributed by atoms with E-state index in [1.165, 1.54) is 0 Å². The molecule has 0 radical (unpaired) electrons. The second-order valence-corrected chi connectivity index (χ2v) is 7.40. The van der Waals surface area contributed by atoms with Crippen molar-refractivity contribution in [2.45, 2.75) is 13.5 Å². The molecule has 0 saturated carbocycles. The molecular weight excluding hydrogens is 404 g/mol. The summed E-state index contributed by atoms with van der Waals surface area (Å²) in [7, 11) is 1.57. The highest BCUT2D eigenvalue weighted by molar-refractivity contribution is 6.05. The topological polar surface area (TPSA) is 88.4 Å². The summed E-state index contributed by atoms with van der Waals surface area (Å²) in [6.45, 7) is 1.95. The molecule has 1 aromatic heterocycles. The average Bonchev–Trinajstić information content (AvgIpc) is 2.84. The molecular formula is C26H22N2O4. The van der Waals surface area contributed by atoms with E-state index >= 15 is 0 Å². The fourth-order valence-corrected chi connectivity index (χ4v) is 3.60. The van der Waals surface area contributed by atoms with Crippen molar-refractivity contribution in [3.8, 4) is 11.3 Å². The number of amides is 2. The Hall–Kier alpha value is -4.19. The van der Waals surface area contributed by atoms with Gasteiger partial charge in [0.25, 0.3) is 11.8 Å². The minimum Gasteiger partial charge on any atom is -0.455 e. The zero-order valence-corrected chi connectivity index (χ0v) is 17.8. The molecule has 0 atom stereocenters. The molecule has 4 rings (SSSR count). The molecule has 0 bridgehead atoms. The van der Waals surface area contributed by atoms with Crippen molar-refractivity contribution in [1.29, 1.82) is 0 Å². The molecule has 0 saturated heterocycles. The first-order valence-electron chi connectivity index (χ1n) is 10.2. The van der Waals surface area contributed by atoms with Crippen LogP contribution in [0.2, 0.25) is 0 Å². The molecule has 6 nitrogen and oxygen atoms in total. The Bertz CT molecular complexity index is 1370. The maximum absolute atomic E-state index is 13.0. The maximum atomic E-state index is 13.0. The highest BCUT2D eigenvalue weighted by Gasteiger charge is 2.18. The summed E-state index contributed by atoms with van der Waals surface area (Å²) in [5.41, 5.74) is 2.91. The summed E-state index contributed by atoms with van der Waals surface area (Å²) < 4.78 is 6.12. The molecule has 3 aromatic carbocycles. The van der Waals surface area contributed by atoms with E-state index in [0.29, 0.717) is 22.3 Å². The van der Waals surface area contributed by atoms with Crippen LogP contribution < -0.4 is 16.1 Å². The SMILES string of the molecule is CNC(=O)c1cccc(CNC(=O)c2cccc3c(=O)c(C)c(-c4ccccc4)oc23)c1. The summed E-state index contributed by atoms with van der Waals surface area (Å²) in [4.78, 5) is 37.8. The molecule has 2 amide bonds. The van der Waals surface area contributed by atoms with E-state index in [0.717, 1.165) is 11.1 Å². The van der Waals surface area contributed by atoms with Crippen LogP contribution in [0.3, 0.4) is 0 Å². The number of para-hydroxylation sites is 1. The quantitative estimate of drug-likeness (QED) is 0.504. The molecule has 2 N–H and O–H groups in total. The number of nitrogens with one attached hydrogen (secondary N) is 2. The van der Waals surface area contributed by atoms with Gasteiger partial charge in [0, 0.05) is 30.3 Å². The van der Waals surface area contributed by atoms with Crippen LogP contribution in [0.5, 0.6) is 0 Å². The molecule has 160 valence electrons. The van der Waals surface area contributed by atoms with Gasteiger partial charge < -0.3 is 15.1 Å². The second-order valence-electron chi connectivity index (χ2n) is 7.40. The highest BCUT2D eigenvalue weighted by atomic mass is 16.3. The van der Waals surface area contributed by atoms with Gasteiger partial charge in [-0.05, 0) is 36.8 Å². The van der Waals surface area contributed by atoms with E-state index in [4.69, 9.17) is 4.42 Å². The van der Waals surface area contributed by atoms with Crippen LogP contribution in [-0.4, -0.2) is 18.9 Å². The van der Waals surface area contributed by atoms with Crippen LogP contribution in [0.15, 0.2) is 82.0 Å². The Kier molecular flexibility index (Phi) is 5.85. The van der Waals surface area contributed by atoms with E-state index in [-0.39, 0.29) is 34.9 Å². The lowest BCUT2D eigenvalue weighted by molar-refractivity contribution is 0.0949. The van der Waals surface area contributed by atoms with Crippen LogP contribution in [0.1, 0.15) is 31.8 Å². The zero-order valence-electron chi connectivity index (χ0n) is 17.8. The third-order valence-electron chi connectivity index (χ3n) is 5.29. The van der Waals surface area contributed by atoms with Gasteiger partial charge in [-0.1, -0.05) is 48.5 Å². The van der Waals surface area contributed by atoms with E-state index < -0.39 is 0 Å². The number of carbonyl (C=O) groups excluding carboxylic acids is 2. The normalized spacial score (nSPS) is 10.7. The molecule has 0 aliphatic heterocycles. The lowest BCUT2D eigenvalue weighted by atomic mass is 10.0. The van der Waals surface area contributed by atoms with Gasteiger partial charge in [0.05, 0.1) is 10.9 Å². The molecule has 0 spiro atoms. The molecule has 4 aromatic rings. The van der Waals surface area contributed by atoms with E-state index in [1.54, 1.807) is 50.4 Å². The van der Waals surface area contributed by atoms with Gasteiger partial charge >= 0.3 is 0 Å². The smallest absolute Gasteiger partial charge is 0.255 e. The van der Waals surface area contributed by atoms with E-state index in [1.807, 2.05) is 36.4 Å². The predicted molar refractivity (Wildman–Crippen MR) is 124 cm³/mol. The van der Waals surface area contributed by atoms with Crippen molar-refractivity contribution < 1.29 is 14.0 Å². The first-order valence-corrected chi connectivity index (χ1v) is 10.2. The number of fused-ring (bicyclic) bond motifs is 1. The predicted octanol–water partition coefficient (Wildman–Crippen LogP) is 4.06. The minimum atomic E-state index is -0.369. The summed E-state index contributed by atoms with van der Waals surface area (Å²) in [5.74, 6) is -0.119. The second kappa shape index (κ2) is 8.89. The molecule has 1 heterocycles. The Balaban J connectivity index is 1.68. The van der Waals surface area contributed by atoms with Crippen LogP contribution in [0.25, 0.3) is 22.3 Å². The average molecular weight is 426 g/mol. The van der Waals surface area contributed by atoms with Crippen molar-refractivity contribution in [2.75, 3.05) is 7.05 Å². The Labute approximate surface area is 184 Å². The highest BCUT2D eigenvalue weighted by Crippen LogP contribution is 2.27. The van der Waals surface area contributed by atoms with Crippen LogP contribution in [-0.2, 0) is 6.54 Å². The van der Waals surface area contributed by atoms with Crippen LogP contribution in [0, 0.1) is 6.92 Å². The van der Waals surface area contributed by atoms with Gasteiger partial charge in [-0.2, -0.15) is 0 Å². The molecule has 32 heavy (non-hydrogen) atoms. The van der Waals surface area contributed by atoms with Crippen molar-refractivity contribution in [3.05, 3.63) is 105 Å². The number of hydrogen-bond acceptors (Lipinski definition) is 4. The first kappa shape index (κ1) is 21.1. The van der Waals surface area contributed by atoms with Gasteiger partial charge in [-0.3, -0.25) is 14.4 Å². The summed E-state index contributed by atoms with van der Waals surface area (Å²) in [6.07, 6.45) is 0. The number of rotatable bonds is 5. The Morgan fingerprint density at radius 2 is 1.66 bits per heavy atom. The fraction of sp³-hybridized carbons (Fsp3) is 0.115. The fourth-order valence-electron chi connectivity index (χ4n) is 3.60. The van der Waals surface area contributed by atoms with Crippen molar-refractivity contribution in [3.63, 3.8) is 0 Å². The van der Waals surface area contributed by atoms with Gasteiger partial charge in [0.1, 0.15) is 5.76 Å². The summed E-state index contributed by atoms with van der Waals surface area (Å²) >= 11 is 0. The first-order chi connectivity index (χ1) is 15.5. The Morgan fingerprint density at radius 1 is 0.906 bits per heavy atom. The molecule has 0 unspecified atom stereocenters. The largest absolute Gasteiger partial charge is 0.455 e. The van der Waals surface area contributed by atoms with Gasteiger partial charge in [-0.15, -0.1) is 0 Å². The van der Waals surface area contributed by atoms with E-state index in [9.17, 15) is 14.4 Å². The standard InChI is InChI=1S/C26H22N2O4/c1-16-22(29)20-12-7-13-21(24(20)32-23(16)18-9-4-3-5-10-18)26(31)28-15-17-8-6-11-19(14-17)25(30)27-2/h3-14H,15H2,1-2H3,(H,27,30)(H,28,31). The monoisotopic (exact) mass is 426 g/mol. The number of benzene rings is 3. The third-order valence-corrected chi connectivity index (χ3v) is 5.29. The van der Waals surface area contributed by atoms with Crippen LogP contribution in [0.4, 0.5) is 0 Å². The maximum Gasteiger partial charge on any atom is 0.255 e. The number of hydrogen-bond donors (Lipinski definition) is 2. The molecule has 6 heteroatoms. The van der Waals surface area contributed by atoms with E-state index in [2.05, 4.69) is 10.6 Å². The van der Waals surface area contributed by atoms with Gasteiger partial charge in [-0.25, -0.2) is 0 Å². The van der Waals surface area contributed by atoms with Crippen molar-refractivity contribution in [2.24, 2.45) is 0 Å². The van der Waals surface area contributed by atoms with Gasteiger partial charge in [0.2, 0.25) is 0 Å².